The standard InChI is InChI=1S/C14H25NO12/c1-3(17)10(27-15)12-6(19)5(18)9(22)14(26-12)25-11-4(2-16)24-13(23)8(21)7(11)20/h4-14,16,18-23H,2,15H2,1H3/t4-,5+,6-,7-,8-,9-,10?,11-,12+,13+,14-/m1/s1. The number of ketones is 1. The van der Waals surface area contributed by atoms with Gasteiger partial charge in [-0.15, -0.1) is 0 Å². The normalized spacial score (nSPS) is 46.9. The van der Waals surface area contributed by atoms with Crippen molar-refractivity contribution in [2.75, 3.05) is 6.61 Å². The van der Waals surface area contributed by atoms with Crippen LogP contribution < -0.4 is 5.90 Å². The van der Waals surface area contributed by atoms with Crippen LogP contribution in [0.5, 0.6) is 0 Å². The smallest absolute Gasteiger partial charge is 0.187 e. The zero-order valence-corrected chi connectivity index (χ0v) is 14.3. The quantitative estimate of drug-likeness (QED) is 0.195. The molecule has 2 aliphatic rings. The van der Waals surface area contributed by atoms with Crippen LogP contribution in [-0.4, -0.2) is 116 Å². The van der Waals surface area contributed by atoms with Gasteiger partial charge in [-0.2, -0.15) is 0 Å². The predicted molar refractivity (Wildman–Crippen MR) is 81.3 cm³/mol. The van der Waals surface area contributed by atoms with Crippen molar-refractivity contribution in [2.24, 2.45) is 5.90 Å². The molecule has 13 heteroatoms. The van der Waals surface area contributed by atoms with Crippen LogP contribution in [0.1, 0.15) is 6.92 Å². The van der Waals surface area contributed by atoms with Crippen LogP contribution in [0, 0.1) is 0 Å². The molecule has 27 heavy (non-hydrogen) atoms. The van der Waals surface area contributed by atoms with Crippen molar-refractivity contribution in [3.8, 4) is 0 Å². The number of rotatable bonds is 6. The second kappa shape index (κ2) is 9.13. The molecule has 9 N–H and O–H groups in total. The summed E-state index contributed by atoms with van der Waals surface area (Å²) in [6.45, 7) is 0.365. The first kappa shape index (κ1) is 22.5. The fourth-order valence-corrected chi connectivity index (χ4v) is 3.03. The van der Waals surface area contributed by atoms with E-state index < -0.39 is 79.9 Å². The van der Waals surface area contributed by atoms with Crippen molar-refractivity contribution in [2.45, 2.75) is 74.4 Å². The predicted octanol–water partition coefficient (Wildman–Crippen LogP) is -5.54. The molecule has 0 aromatic carbocycles. The lowest BCUT2D eigenvalue weighted by Crippen LogP contribution is -2.66. The number of aliphatic hydroxyl groups excluding tert-OH is 7. The molecule has 11 atom stereocenters. The molecule has 0 aromatic heterocycles. The Bertz CT molecular complexity index is 506. The lowest BCUT2D eigenvalue weighted by Gasteiger charge is -2.46. The molecule has 0 bridgehead atoms. The minimum Gasteiger partial charge on any atom is -0.394 e. The summed E-state index contributed by atoms with van der Waals surface area (Å²) in [7, 11) is 0. The molecule has 0 amide bonds. The van der Waals surface area contributed by atoms with E-state index >= 15 is 0 Å². The van der Waals surface area contributed by atoms with E-state index in [4.69, 9.17) is 20.1 Å². The average molecular weight is 399 g/mol. The number of carbonyl (C=O) groups is 1. The van der Waals surface area contributed by atoms with Crippen molar-refractivity contribution in [3.63, 3.8) is 0 Å². The van der Waals surface area contributed by atoms with Crippen LogP contribution >= 0.6 is 0 Å². The number of nitrogens with two attached hydrogens (primary N) is 1. The number of ether oxygens (including phenoxy) is 3. The SMILES string of the molecule is CC(=O)C(ON)[C@H]1O[C@@H](O[C@H]2[C@H](O)[C@@H](O)[C@@H](O)O[C@@H]2CO)[C@H](O)[C@@H](O)[C@H]1O. The highest BCUT2D eigenvalue weighted by Crippen LogP contribution is 2.30. The van der Waals surface area contributed by atoms with Crippen LogP contribution in [0.2, 0.25) is 0 Å². The third-order valence-electron chi connectivity index (χ3n) is 4.58. The molecule has 158 valence electrons. The molecule has 2 saturated heterocycles. The van der Waals surface area contributed by atoms with Gasteiger partial charge < -0.3 is 50.0 Å². The van der Waals surface area contributed by atoms with Crippen molar-refractivity contribution >= 4 is 5.78 Å². The van der Waals surface area contributed by atoms with Gasteiger partial charge in [0, 0.05) is 0 Å². The van der Waals surface area contributed by atoms with Crippen LogP contribution in [0.15, 0.2) is 0 Å². The van der Waals surface area contributed by atoms with Crippen molar-refractivity contribution in [3.05, 3.63) is 0 Å². The van der Waals surface area contributed by atoms with Gasteiger partial charge in [-0.3, -0.25) is 9.63 Å². The molecule has 2 rings (SSSR count). The summed E-state index contributed by atoms with van der Waals surface area (Å²) in [5.41, 5.74) is 0. The summed E-state index contributed by atoms with van der Waals surface area (Å²) in [4.78, 5) is 16.1. The van der Waals surface area contributed by atoms with E-state index in [0.29, 0.717) is 0 Å². The third-order valence-corrected chi connectivity index (χ3v) is 4.58. The number of hydrogen-bond donors (Lipinski definition) is 8. The Kier molecular flexibility index (Phi) is 7.60. The van der Waals surface area contributed by atoms with Gasteiger partial charge >= 0.3 is 0 Å². The highest BCUT2D eigenvalue weighted by molar-refractivity contribution is 5.81. The van der Waals surface area contributed by atoms with Gasteiger partial charge in [0.05, 0.1) is 6.61 Å². The highest BCUT2D eigenvalue weighted by atomic mass is 16.7. The molecule has 0 radical (unpaired) electrons. The monoisotopic (exact) mass is 399 g/mol. The second-order valence-corrected chi connectivity index (χ2v) is 6.44. The Balaban J connectivity index is 2.21. The molecular formula is C14H25NO12. The maximum Gasteiger partial charge on any atom is 0.187 e. The lowest BCUT2D eigenvalue weighted by molar-refractivity contribution is -0.358. The van der Waals surface area contributed by atoms with Crippen molar-refractivity contribution < 1.29 is 59.6 Å². The summed E-state index contributed by atoms with van der Waals surface area (Å²) >= 11 is 0. The maximum absolute atomic E-state index is 11.6. The first-order chi connectivity index (χ1) is 12.6. The Morgan fingerprint density at radius 2 is 1.63 bits per heavy atom. The van der Waals surface area contributed by atoms with Crippen LogP contribution in [0.3, 0.4) is 0 Å². The minimum absolute atomic E-state index is 0.642. The molecule has 0 aliphatic carbocycles. The van der Waals surface area contributed by atoms with E-state index in [1.807, 2.05) is 0 Å². The number of aliphatic hydroxyl groups is 7. The number of carbonyl (C=O) groups excluding carboxylic acids is 1. The molecular weight excluding hydrogens is 374 g/mol. The van der Waals surface area contributed by atoms with E-state index in [1.165, 1.54) is 0 Å². The summed E-state index contributed by atoms with van der Waals surface area (Å²) in [6.07, 6.45) is -18.3. The fraction of sp³-hybridized carbons (Fsp3) is 0.929. The second-order valence-electron chi connectivity index (χ2n) is 6.44. The molecule has 0 aromatic rings. The third kappa shape index (κ3) is 4.45. The topological polar surface area (TPSA) is 222 Å². The largest absolute Gasteiger partial charge is 0.394 e. The summed E-state index contributed by atoms with van der Waals surface area (Å²) in [6, 6.07) is 0. The van der Waals surface area contributed by atoms with Crippen molar-refractivity contribution in [1.82, 2.24) is 0 Å². The number of Topliss-reactive ketones (excluding diaryl/α,β-unsaturated/α-hetero) is 1. The van der Waals surface area contributed by atoms with Crippen molar-refractivity contribution in [1.29, 1.82) is 0 Å². The van der Waals surface area contributed by atoms with E-state index in [1.54, 1.807) is 0 Å². The fourth-order valence-electron chi connectivity index (χ4n) is 3.03. The molecule has 1 unspecified atom stereocenters. The maximum atomic E-state index is 11.6. The minimum atomic E-state index is -1.84. The lowest BCUT2D eigenvalue weighted by atomic mass is 9.93. The summed E-state index contributed by atoms with van der Waals surface area (Å²) in [5.74, 6) is 4.38. The Morgan fingerprint density at radius 3 is 2.15 bits per heavy atom. The molecule has 0 saturated carbocycles. The summed E-state index contributed by atoms with van der Waals surface area (Å²) in [5, 5.41) is 68.8. The van der Waals surface area contributed by atoms with Crippen LogP contribution in [0.4, 0.5) is 0 Å². The summed E-state index contributed by atoms with van der Waals surface area (Å²) < 4.78 is 15.6. The highest BCUT2D eigenvalue weighted by Gasteiger charge is 2.52. The number of hydrogen-bond acceptors (Lipinski definition) is 13. The van der Waals surface area contributed by atoms with Gasteiger partial charge in [0.2, 0.25) is 0 Å². The van der Waals surface area contributed by atoms with Gasteiger partial charge in [-0.05, 0) is 6.92 Å². The van der Waals surface area contributed by atoms with Gasteiger partial charge in [0.15, 0.2) is 24.5 Å². The zero-order valence-electron chi connectivity index (χ0n) is 14.3. The van der Waals surface area contributed by atoms with E-state index in [0.717, 1.165) is 6.92 Å². The Labute approximate surface area is 153 Å². The first-order valence-electron chi connectivity index (χ1n) is 8.15. The van der Waals surface area contributed by atoms with Crippen LogP contribution in [-0.2, 0) is 23.8 Å². The molecule has 2 fully saturated rings. The molecule has 2 heterocycles. The zero-order chi connectivity index (χ0) is 20.5. The first-order valence-corrected chi connectivity index (χ1v) is 8.15. The molecule has 2 aliphatic heterocycles. The van der Waals surface area contributed by atoms with E-state index in [9.17, 15) is 40.5 Å². The van der Waals surface area contributed by atoms with Gasteiger partial charge in [0.1, 0.15) is 48.8 Å². The Hall–Kier alpha value is -0.810. The van der Waals surface area contributed by atoms with E-state index in [-0.39, 0.29) is 0 Å². The van der Waals surface area contributed by atoms with E-state index in [2.05, 4.69) is 4.84 Å². The van der Waals surface area contributed by atoms with Gasteiger partial charge in [-0.25, -0.2) is 5.90 Å². The van der Waals surface area contributed by atoms with Gasteiger partial charge in [0.25, 0.3) is 0 Å². The van der Waals surface area contributed by atoms with Crippen LogP contribution in [0.25, 0.3) is 0 Å². The molecule has 13 nitrogen and oxygen atoms in total. The van der Waals surface area contributed by atoms with Gasteiger partial charge in [-0.1, -0.05) is 0 Å². The Morgan fingerprint density at radius 1 is 1.00 bits per heavy atom. The molecule has 0 spiro atoms. The average Bonchev–Trinajstić information content (AvgIpc) is 2.63.